The van der Waals surface area contributed by atoms with E-state index < -0.39 is 0 Å². The van der Waals surface area contributed by atoms with Crippen LogP contribution in [0.3, 0.4) is 0 Å². The summed E-state index contributed by atoms with van der Waals surface area (Å²) in [6.07, 6.45) is 11.3. The van der Waals surface area contributed by atoms with Gasteiger partial charge in [0.05, 0.1) is 6.04 Å². The molecule has 0 aromatic carbocycles. The molecule has 1 heterocycles. The normalized spacial score (nSPS) is 34.1. The van der Waals surface area contributed by atoms with E-state index in [1.54, 1.807) is 0 Å². The molecule has 0 saturated heterocycles. The summed E-state index contributed by atoms with van der Waals surface area (Å²) < 4.78 is 0. The monoisotopic (exact) mass is 231 g/mol. The average Bonchev–Trinajstić information content (AvgIpc) is 3.05. The number of hydrogen-bond donors (Lipinski definition) is 2. The summed E-state index contributed by atoms with van der Waals surface area (Å²) in [6.45, 7) is 4.50. The van der Waals surface area contributed by atoms with Crippen LogP contribution in [-0.2, 0) is 0 Å². The molecule has 2 aliphatic carbocycles. The Morgan fingerprint density at radius 3 is 2.82 bits per heavy atom. The number of fused-ring (bicyclic) bond motifs is 2. The topological polar surface area (TPSA) is 40.7 Å². The second-order valence-electron chi connectivity index (χ2n) is 5.60. The highest BCUT2D eigenvalue weighted by Crippen LogP contribution is 2.45. The van der Waals surface area contributed by atoms with Crippen molar-refractivity contribution in [2.24, 2.45) is 17.8 Å². The predicted molar refractivity (Wildman–Crippen MR) is 68.4 cm³/mol. The summed E-state index contributed by atoms with van der Waals surface area (Å²) >= 11 is 0. The average molecular weight is 231 g/mol. The fraction of sp³-hybridized carbons (Fsp3) is 0.643. The van der Waals surface area contributed by atoms with E-state index >= 15 is 0 Å². The van der Waals surface area contributed by atoms with Crippen molar-refractivity contribution < 1.29 is 0 Å². The van der Waals surface area contributed by atoms with Crippen LogP contribution in [0.15, 0.2) is 24.5 Å². The van der Waals surface area contributed by atoms with Crippen LogP contribution in [0.5, 0.6) is 0 Å². The Labute approximate surface area is 103 Å². The van der Waals surface area contributed by atoms with Crippen LogP contribution >= 0.6 is 0 Å². The van der Waals surface area contributed by atoms with Crippen molar-refractivity contribution in [1.82, 2.24) is 15.3 Å². The van der Waals surface area contributed by atoms with Gasteiger partial charge >= 0.3 is 0 Å². The summed E-state index contributed by atoms with van der Waals surface area (Å²) in [4.78, 5) is 7.49. The van der Waals surface area contributed by atoms with Crippen molar-refractivity contribution in [2.75, 3.05) is 0 Å². The van der Waals surface area contributed by atoms with Crippen molar-refractivity contribution in [3.8, 4) is 0 Å². The lowest BCUT2D eigenvalue weighted by Gasteiger charge is -2.28. The number of aromatic nitrogens is 2. The van der Waals surface area contributed by atoms with E-state index in [0.29, 0.717) is 12.1 Å². The molecule has 17 heavy (non-hydrogen) atoms. The number of imidazole rings is 1. The lowest BCUT2D eigenvalue weighted by Crippen LogP contribution is -2.37. The second kappa shape index (κ2) is 4.30. The smallest absolute Gasteiger partial charge is 0.122 e. The first-order valence-electron chi connectivity index (χ1n) is 6.67. The van der Waals surface area contributed by atoms with Crippen LogP contribution in [0.2, 0.25) is 0 Å². The summed E-state index contributed by atoms with van der Waals surface area (Å²) in [6, 6.07) is 0.873. The molecule has 0 spiro atoms. The molecule has 1 aromatic rings. The number of nitrogens with one attached hydrogen (secondary N) is 2. The van der Waals surface area contributed by atoms with E-state index in [4.69, 9.17) is 0 Å². The van der Waals surface area contributed by atoms with E-state index in [2.05, 4.69) is 41.3 Å². The number of rotatable bonds is 4. The molecule has 2 N–H and O–H groups in total. The quantitative estimate of drug-likeness (QED) is 0.782. The van der Waals surface area contributed by atoms with Gasteiger partial charge in [0.1, 0.15) is 5.82 Å². The summed E-state index contributed by atoms with van der Waals surface area (Å²) in [5.41, 5.74) is 0. The molecule has 92 valence electrons. The largest absolute Gasteiger partial charge is 0.347 e. The zero-order valence-electron chi connectivity index (χ0n) is 10.6. The SMILES string of the molecule is CC(NC(C)C1CC2C=CC1C2)c1ncc[nH]1. The van der Waals surface area contributed by atoms with E-state index in [-0.39, 0.29) is 0 Å². The van der Waals surface area contributed by atoms with Gasteiger partial charge in [-0.15, -0.1) is 0 Å². The van der Waals surface area contributed by atoms with E-state index in [1.807, 2.05) is 12.4 Å². The maximum Gasteiger partial charge on any atom is 0.122 e. The number of aromatic amines is 1. The third kappa shape index (κ3) is 2.04. The summed E-state index contributed by atoms with van der Waals surface area (Å²) in [5, 5.41) is 3.68. The van der Waals surface area contributed by atoms with Crippen LogP contribution in [-0.4, -0.2) is 16.0 Å². The first-order chi connectivity index (χ1) is 8.24. The van der Waals surface area contributed by atoms with Gasteiger partial charge < -0.3 is 10.3 Å². The van der Waals surface area contributed by atoms with Gasteiger partial charge in [-0.25, -0.2) is 4.98 Å². The van der Waals surface area contributed by atoms with Crippen molar-refractivity contribution >= 4 is 0 Å². The first kappa shape index (κ1) is 11.0. The van der Waals surface area contributed by atoms with Gasteiger partial charge in [0.15, 0.2) is 0 Å². The minimum Gasteiger partial charge on any atom is -0.347 e. The highest BCUT2D eigenvalue weighted by atomic mass is 15.0. The van der Waals surface area contributed by atoms with Crippen LogP contribution in [0.4, 0.5) is 0 Å². The molecule has 3 nitrogen and oxygen atoms in total. The molecule has 1 saturated carbocycles. The molecule has 1 fully saturated rings. The molecule has 3 rings (SSSR count). The van der Waals surface area contributed by atoms with Gasteiger partial charge in [-0.05, 0) is 44.4 Å². The Morgan fingerprint density at radius 1 is 1.35 bits per heavy atom. The van der Waals surface area contributed by atoms with E-state index in [9.17, 15) is 0 Å². The molecule has 1 aromatic heterocycles. The lowest BCUT2D eigenvalue weighted by molar-refractivity contribution is 0.304. The molecule has 2 aliphatic rings. The maximum absolute atomic E-state index is 4.31. The van der Waals surface area contributed by atoms with Gasteiger partial charge in [0.25, 0.3) is 0 Å². The second-order valence-corrected chi connectivity index (χ2v) is 5.60. The Bertz CT molecular complexity index is 396. The van der Waals surface area contributed by atoms with Gasteiger partial charge in [0.2, 0.25) is 0 Å². The lowest BCUT2D eigenvalue weighted by atomic mass is 9.87. The molecule has 2 bridgehead atoms. The van der Waals surface area contributed by atoms with Crippen LogP contribution in [0, 0.1) is 17.8 Å². The minimum absolute atomic E-state index is 0.308. The number of hydrogen-bond acceptors (Lipinski definition) is 2. The van der Waals surface area contributed by atoms with Crippen molar-refractivity contribution in [2.45, 2.75) is 38.8 Å². The van der Waals surface area contributed by atoms with Crippen molar-refractivity contribution in [3.05, 3.63) is 30.4 Å². The Hall–Kier alpha value is -1.09. The van der Waals surface area contributed by atoms with Crippen molar-refractivity contribution in [3.63, 3.8) is 0 Å². The fourth-order valence-electron chi connectivity index (χ4n) is 3.51. The molecule has 0 radical (unpaired) electrons. The zero-order chi connectivity index (χ0) is 11.8. The fourth-order valence-corrected chi connectivity index (χ4v) is 3.51. The Kier molecular flexibility index (Phi) is 2.79. The zero-order valence-corrected chi connectivity index (χ0v) is 10.6. The Balaban J connectivity index is 1.60. The van der Waals surface area contributed by atoms with Gasteiger partial charge in [-0.2, -0.15) is 0 Å². The van der Waals surface area contributed by atoms with Crippen LogP contribution in [0.1, 0.15) is 38.6 Å². The maximum atomic E-state index is 4.31. The van der Waals surface area contributed by atoms with Crippen LogP contribution < -0.4 is 5.32 Å². The third-order valence-electron chi connectivity index (χ3n) is 4.41. The molecular formula is C14H21N3. The standard InChI is InChI=1S/C14H21N3/c1-9(13-8-11-3-4-12(13)7-11)17-10(2)14-15-5-6-16-14/h3-6,9-13,17H,7-8H2,1-2H3,(H,15,16). The minimum atomic E-state index is 0.308. The van der Waals surface area contributed by atoms with Gasteiger partial charge in [0, 0.05) is 18.4 Å². The molecule has 0 aliphatic heterocycles. The van der Waals surface area contributed by atoms with Gasteiger partial charge in [-0.3, -0.25) is 0 Å². The molecule has 5 unspecified atom stereocenters. The molecule has 5 atom stereocenters. The predicted octanol–water partition coefficient (Wildman–Crippen LogP) is 2.66. The molecule has 3 heteroatoms. The molecule has 0 amide bonds. The van der Waals surface area contributed by atoms with Crippen LogP contribution in [0.25, 0.3) is 0 Å². The summed E-state index contributed by atoms with van der Waals surface area (Å²) in [5.74, 6) is 3.51. The van der Waals surface area contributed by atoms with Gasteiger partial charge in [-0.1, -0.05) is 12.2 Å². The number of H-pyrrole nitrogens is 1. The third-order valence-corrected chi connectivity index (χ3v) is 4.41. The van der Waals surface area contributed by atoms with Crippen molar-refractivity contribution in [1.29, 1.82) is 0 Å². The summed E-state index contributed by atoms with van der Waals surface area (Å²) in [7, 11) is 0. The Morgan fingerprint density at radius 2 is 2.24 bits per heavy atom. The van der Waals surface area contributed by atoms with E-state index in [1.165, 1.54) is 12.8 Å². The first-order valence-corrected chi connectivity index (χ1v) is 6.67. The highest BCUT2D eigenvalue weighted by Gasteiger charge is 2.38. The number of allylic oxidation sites excluding steroid dienone is 2. The highest BCUT2D eigenvalue weighted by molar-refractivity contribution is 5.12. The van der Waals surface area contributed by atoms with E-state index in [0.717, 1.165) is 23.6 Å². The molecular weight excluding hydrogens is 210 g/mol. The number of nitrogens with zero attached hydrogens (tertiary/aromatic N) is 1.